The topological polar surface area (TPSA) is 46.5 Å². The van der Waals surface area contributed by atoms with Gasteiger partial charge in [0, 0.05) is 6.61 Å². The van der Waals surface area contributed by atoms with E-state index in [0.717, 1.165) is 38.7 Å². The lowest BCUT2D eigenvalue weighted by molar-refractivity contribution is -0.143. The van der Waals surface area contributed by atoms with Gasteiger partial charge < -0.3 is 9.84 Å². The summed E-state index contributed by atoms with van der Waals surface area (Å²) in [6.45, 7) is 5.19. The summed E-state index contributed by atoms with van der Waals surface area (Å²) >= 11 is 0. The van der Waals surface area contributed by atoms with Crippen LogP contribution in [0.15, 0.2) is 0 Å². The molecule has 3 nitrogen and oxygen atoms in total. The van der Waals surface area contributed by atoms with E-state index in [4.69, 9.17) is 9.84 Å². The van der Waals surface area contributed by atoms with Gasteiger partial charge in [-0.3, -0.25) is 4.79 Å². The molecule has 0 heterocycles. The highest BCUT2D eigenvalue weighted by molar-refractivity contribution is 5.69. The molecule has 0 aromatic rings. The van der Waals surface area contributed by atoms with Crippen LogP contribution in [0.4, 0.5) is 0 Å². The van der Waals surface area contributed by atoms with Gasteiger partial charge in [0.2, 0.25) is 0 Å². The van der Waals surface area contributed by atoms with Gasteiger partial charge in [0.25, 0.3) is 0 Å². The summed E-state index contributed by atoms with van der Waals surface area (Å²) in [5.74, 6) is -0.0917. The molecule has 15 heavy (non-hydrogen) atoms. The van der Waals surface area contributed by atoms with Crippen LogP contribution in [0.2, 0.25) is 0 Å². The van der Waals surface area contributed by atoms with Gasteiger partial charge in [0.15, 0.2) is 0 Å². The number of ether oxygens (including phenoxy) is 1. The zero-order chi connectivity index (χ0) is 11.3. The van der Waals surface area contributed by atoms with Crippen LogP contribution >= 0.6 is 0 Å². The Morgan fingerprint density at radius 1 is 1.33 bits per heavy atom. The average molecular weight is 214 g/mol. The fourth-order valence-electron chi connectivity index (χ4n) is 1.95. The molecule has 1 N–H and O–H groups in total. The standard InChI is InChI=1S/C12H22O3/c1-9(2)7-8-15-11-5-3-10(4-6-11)12(13)14/h9-11H,3-8H2,1-2H3,(H,13,14). The van der Waals surface area contributed by atoms with Crippen molar-refractivity contribution in [3.63, 3.8) is 0 Å². The van der Waals surface area contributed by atoms with E-state index in [1.807, 2.05) is 0 Å². The first-order valence-corrected chi connectivity index (χ1v) is 5.94. The minimum absolute atomic E-state index is 0.130. The van der Waals surface area contributed by atoms with Crippen molar-refractivity contribution in [3.8, 4) is 0 Å². The summed E-state index contributed by atoms with van der Waals surface area (Å²) in [5, 5.41) is 8.83. The molecule has 1 aliphatic carbocycles. The predicted octanol–water partition coefficient (Wildman–Crippen LogP) is 2.69. The van der Waals surface area contributed by atoms with E-state index in [-0.39, 0.29) is 5.92 Å². The molecule has 0 amide bonds. The minimum Gasteiger partial charge on any atom is -0.481 e. The zero-order valence-corrected chi connectivity index (χ0v) is 9.74. The molecule has 1 saturated carbocycles. The summed E-state index contributed by atoms with van der Waals surface area (Å²) in [7, 11) is 0. The third-order valence-corrected chi connectivity index (χ3v) is 3.07. The molecule has 3 heteroatoms. The van der Waals surface area contributed by atoms with E-state index in [2.05, 4.69) is 13.8 Å². The van der Waals surface area contributed by atoms with Crippen LogP contribution in [0.25, 0.3) is 0 Å². The molecule has 88 valence electrons. The summed E-state index contributed by atoms with van der Waals surface area (Å²) in [4.78, 5) is 10.7. The molecule has 0 aromatic heterocycles. The Labute approximate surface area is 91.8 Å². The van der Waals surface area contributed by atoms with Gasteiger partial charge in [0.1, 0.15) is 0 Å². The van der Waals surface area contributed by atoms with E-state index >= 15 is 0 Å². The van der Waals surface area contributed by atoms with Crippen molar-refractivity contribution in [2.24, 2.45) is 11.8 Å². The van der Waals surface area contributed by atoms with E-state index in [1.165, 1.54) is 0 Å². The van der Waals surface area contributed by atoms with Crippen LogP contribution in [-0.2, 0) is 9.53 Å². The Hall–Kier alpha value is -0.570. The van der Waals surface area contributed by atoms with Crippen LogP contribution in [0.3, 0.4) is 0 Å². The number of aliphatic carboxylic acids is 1. The fourth-order valence-corrected chi connectivity index (χ4v) is 1.95. The van der Waals surface area contributed by atoms with Gasteiger partial charge in [-0.05, 0) is 38.0 Å². The lowest BCUT2D eigenvalue weighted by Crippen LogP contribution is -2.26. The molecule has 0 saturated heterocycles. The zero-order valence-electron chi connectivity index (χ0n) is 9.74. The predicted molar refractivity (Wildman–Crippen MR) is 58.8 cm³/mol. The van der Waals surface area contributed by atoms with Crippen LogP contribution in [0.5, 0.6) is 0 Å². The molecule has 0 unspecified atom stereocenters. The molecule has 1 fully saturated rings. The van der Waals surface area contributed by atoms with Crippen molar-refractivity contribution in [1.82, 2.24) is 0 Å². The molecule has 1 aliphatic rings. The number of hydrogen-bond acceptors (Lipinski definition) is 2. The second-order valence-electron chi connectivity index (χ2n) is 4.87. The van der Waals surface area contributed by atoms with Gasteiger partial charge in [-0.2, -0.15) is 0 Å². The highest BCUT2D eigenvalue weighted by Crippen LogP contribution is 2.26. The van der Waals surface area contributed by atoms with Crippen LogP contribution < -0.4 is 0 Å². The van der Waals surface area contributed by atoms with E-state index in [1.54, 1.807) is 0 Å². The second-order valence-corrected chi connectivity index (χ2v) is 4.87. The quantitative estimate of drug-likeness (QED) is 0.765. The molecule has 0 aliphatic heterocycles. The van der Waals surface area contributed by atoms with E-state index in [0.29, 0.717) is 12.0 Å². The van der Waals surface area contributed by atoms with Crippen LogP contribution in [0, 0.1) is 11.8 Å². The Morgan fingerprint density at radius 3 is 2.40 bits per heavy atom. The van der Waals surface area contributed by atoms with Gasteiger partial charge in [-0.25, -0.2) is 0 Å². The lowest BCUT2D eigenvalue weighted by Gasteiger charge is -2.26. The Kier molecular flexibility index (Phi) is 5.09. The smallest absolute Gasteiger partial charge is 0.306 e. The van der Waals surface area contributed by atoms with Gasteiger partial charge in [0.05, 0.1) is 12.0 Å². The number of rotatable bonds is 5. The Bertz CT molecular complexity index is 193. The first kappa shape index (κ1) is 12.5. The molecule has 0 bridgehead atoms. The lowest BCUT2D eigenvalue weighted by atomic mass is 9.87. The normalized spacial score (nSPS) is 26.9. The molecule has 1 rings (SSSR count). The number of carbonyl (C=O) groups is 1. The maximum absolute atomic E-state index is 10.7. The molecular weight excluding hydrogens is 192 g/mol. The first-order chi connectivity index (χ1) is 7.09. The number of carboxylic acids is 1. The Balaban J connectivity index is 2.12. The van der Waals surface area contributed by atoms with Crippen molar-refractivity contribution in [2.45, 2.75) is 52.1 Å². The summed E-state index contributed by atoms with van der Waals surface area (Å²) < 4.78 is 5.73. The first-order valence-electron chi connectivity index (χ1n) is 5.94. The average Bonchev–Trinajstić information content (AvgIpc) is 2.18. The highest BCUT2D eigenvalue weighted by Gasteiger charge is 2.25. The second kappa shape index (κ2) is 6.11. The van der Waals surface area contributed by atoms with Gasteiger partial charge in [-0.1, -0.05) is 13.8 Å². The third-order valence-electron chi connectivity index (χ3n) is 3.07. The van der Waals surface area contributed by atoms with Crippen molar-refractivity contribution in [3.05, 3.63) is 0 Å². The SMILES string of the molecule is CC(C)CCOC1CCC(C(=O)O)CC1. The Morgan fingerprint density at radius 2 is 1.93 bits per heavy atom. The number of hydrogen-bond donors (Lipinski definition) is 1. The van der Waals surface area contributed by atoms with Gasteiger partial charge >= 0.3 is 5.97 Å². The molecular formula is C12H22O3. The van der Waals surface area contributed by atoms with Crippen molar-refractivity contribution in [1.29, 1.82) is 0 Å². The molecule has 0 spiro atoms. The fraction of sp³-hybridized carbons (Fsp3) is 0.917. The van der Waals surface area contributed by atoms with Crippen molar-refractivity contribution in [2.75, 3.05) is 6.61 Å². The van der Waals surface area contributed by atoms with Crippen molar-refractivity contribution >= 4 is 5.97 Å². The largest absolute Gasteiger partial charge is 0.481 e. The van der Waals surface area contributed by atoms with Gasteiger partial charge in [-0.15, -0.1) is 0 Å². The van der Waals surface area contributed by atoms with E-state index < -0.39 is 5.97 Å². The van der Waals surface area contributed by atoms with Crippen LogP contribution in [-0.4, -0.2) is 23.8 Å². The summed E-state index contributed by atoms with van der Waals surface area (Å²) in [6, 6.07) is 0. The molecule has 0 radical (unpaired) electrons. The summed E-state index contributed by atoms with van der Waals surface area (Å²) in [5.41, 5.74) is 0. The summed E-state index contributed by atoms with van der Waals surface area (Å²) in [6.07, 6.45) is 4.78. The minimum atomic E-state index is -0.643. The number of carboxylic acid groups (broad SMARTS) is 1. The maximum atomic E-state index is 10.7. The van der Waals surface area contributed by atoms with Crippen LogP contribution in [0.1, 0.15) is 46.0 Å². The monoisotopic (exact) mass is 214 g/mol. The molecule has 0 aromatic carbocycles. The molecule has 0 atom stereocenters. The van der Waals surface area contributed by atoms with E-state index in [9.17, 15) is 4.79 Å². The highest BCUT2D eigenvalue weighted by atomic mass is 16.5. The maximum Gasteiger partial charge on any atom is 0.306 e. The van der Waals surface area contributed by atoms with Crippen molar-refractivity contribution < 1.29 is 14.6 Å². The third kappa shape index (κ3) is 4.65.